The van der Waals surface area contributed by atoms with E-state index in [1.165, 1.54) is 0 Å². The van der Waals surface area contributed by atoms with Gasteiger partial charge in [0, 0.05) is 5.02 Å². The van der Waals surface area contributed by atoms with Gasteiger partial charge in [-0.25, -0.2) is 4.79 Å². The molecule has 2 rings (SSSR count). The molecule has 0 radical (unpaired) electrons. The molecule has 0 aliphatic carbocycles. The van der Waals surface area contributed by atoms with Gasteiger partial charge in [0.2, 0.25) is 0 Å². The van der Waals surface area contributed by atoms with Crippen LogP contribution in [0.5, 0.6) is 0 Å². The van der Waals surface area contributed by atoms with Crippen LogP contribution in [0, 0.1) is 0 Å². The molecule has 0 aliphatic rings. The van der Waals surface area contributed by atoms with Crippen molar-refractivity contribution in [1.29, 1.82) is 0 Å². The molecule has 0 bridgehead atoms. The normalized spacial score (nSPS) is 11.9. The molecule has 0 saturated carbocycles. The number of aromatic nitrogens is 1. The average Bonchev–Trinajstić information content (AvgIpc) is 2.49. The maximum atomic E-state index is 11.2. The number of oxazole rings is 1. The summed E-state index contributed by atoms with van der Waals surface area (Å²) in [6.45, 7) is 3.49. The predicted molar refractivity (Wildman–Crippen MR) is 59.1 cm³/mol. The second-order valence-corrected chi connectivity index (χ2v) is 3.48. The van der Waals surface area contributed by atoms with Crippen molar-refractivity contribution in [3.8, 4) is 0 Å². The van der Waals surface area contributed by atoms with E-state index in [0.29, 0.717) is 10.4 Å². The number of nitrogens with one attached hydrogen (secondary N) is 1. The molecule has 1 N–H and O–H groups in total. The van der Waals surface area contributed by atoms with Gasteiger partial charge in [0.1, 0.15) is 5.35 Å². The summed E-state index contributed by atoms with van der Waals surface area (Å²) in [4.78, 5) is 13.9. The molecule has 4 heteroatoms. The van der Waals surface area contributed by atoms with Crippen LogP contribution in [-0.4, -0.2) is 4.98 Å². The fourth-order valence-electron chi connectivity index (χ4n) is 1.21. The van der Waals surface area contributed by atoms with Crippen LogP contribution in [0.25, 0.3) is 12.7 Å². The SMILES string of the molecule is C=c1[nH]c(=Cc2ccc(Cl)cc2)c(=O)o1. The van der Waals surface area contributed by atoms with Crippen LogP contribution < -0.4 is 16.5 Å². The van der Waals surface area contributed by atoms with Crippen LogP contribution in [0.3, 0.4) is 0 Å². The number of hydrogen-bond donors (Lipinski definition) is 1. The van der Waals surface area contributed by atoms with Gasteiger partial charge in [-0.3, -0.25) is 0 Å². The topological polar surface area (TPSA) is 46.0 Å². The van der Waals surface area contributed by atoms with Gasteiger partial charge in [-0.05, 0) is 30.4 Å². The predicted octanol–water partition coefficient (Wildman–Crippen LogP) is 0.860. The third-order valence-corrected chi connectivity index (χ3v) is 2.14. The van der Waals surface area contributed by atoms with E-state index in [-0.39, 0.29) is 5.55 Å². The smallest absolute Gasteiger partial charge is 0.361 e. The summed E-state index contributed by atoms with van der Waals surface area (Å²) >= 11 is 5.74. The van der Waals surface area contributed by atoms with Gasteiger partial charge < -0.3 is 9.40 Å². The Bertz CT molecular complexity index is 622. The fraction of sp³-hybridized carbons (Fsp3) is 0. The van der Waals surface area contributed by atoms with Gasteiger partial charge in [0.15, 0.2) is 5.55 Å². The third kappa shape index (κ3) is 2.19. The molecular formula is C11H8ClNO2. The van der Waals surface area contributed by atoms with E-state index < -0.39 is 5.63 Å². The molecule has 0 unspecified atom stereocenters. The maximum absolute atomic E-state index is 11.2. The maximum Gasteiger partial charge on any atom is 0.361 e. The van der Waals surface area contributed by atoms with Gasteiger partial charge in [-0.1, -0.05) is 23.7 Å². The van der Waals surface area contributed by atoms with Gasteiger partial charge in [0.05, 0.1) is 0 Å². The average molecular weight is 222 g/mol. The molecule has 15 heavy (non-hydrogen) atoms. The van der Waals surface area contributed by atoms with Crippen molar-refractivity contribution in [3.63, 3.8) is 0 Å². The molecule has 0 fully saturated rings. The van der Waals surface area contributed by atoms with E-state index in [0.717, 1.165) is 5.56 Å². The highest BCUT2D eigenvalue weighted by atomic mass is 35.5. The van der Waals surface area contributed by atoms with Crippen molar-refractivity contribution >= 4 is 24.3 Å². The summed E-state index contributed by atoms with van der Waals surface area (Å²) in [6.07, 6.45) is 1.68. The summed E-state index contributed by atoms with van der Waals surface area (Å²) in [7, 11) is 0. The molecule has 0 aliphatic heterocycles. The lowest BCUT2D eigenvalue weighted by atomic mass is 10.2. The van der Waals surface area contributed by atoms with Crippen molar-refractivity contribution in [2.75, 3.05) is 0 Å². The van der Waals surface area contributed by atoms with E-state index in [9.17, 15) is 4.79 Å². The Hall–Kier alpha value is -1.74. The van der Waals surface area contributed by atoms with E-state index in [1.807, 2.05) is 12.1 Å². The minimum Gasteiger partial charge on any atom is -0.405 e. The first-order valence-electron chi connectivity index (χ1n) is 4.30. The van der Waals surface area contributed by atoms with E-state index in [1.54, 1.807) is 18.2 Å². The Labute approximate surface area is 90.3 Å². The molecule has 0 atom stereocenters. The molecule has 76 valence electrons. The number of H-pyrrole nitrogens is 1. The molecule has 1 aromatic heterocycles. The first-order valence-corrected chi connectivity index (χ1v) is 4.68. The highest BCUT2D eigenvalue weighted by molar-refractivity contribution is 6.30. The quantitative estimate of drug-likeness (QED) is 0.777. The van der Waals surface area contributed by atoms with Gasteiger partial charge in [-0.2, -0.15) is 0 Å². The molecular weight excluding hydrogens is 214 g/mol. The van der Waals surface area contributed by atoms with Crippen LogP contribution >= 0.6 is 11.6 Å². The Morgan fingerprint density at radius 3 is 2.53 bits per heavy atom. The highest BCUT2D eigenvalue weighted by Crippen LogP contribution is 2.09. The third-order valence-electron chi connectivity index (χ3n) is 1.89. The number of rotatable bonds is 1. The Kier molecular flexibility index (Phi) is 2.47. The summed E-state index contributed by atoms with van der Waals surface area (Å²) in [5.74, 6) is 0. The Balaban J connectivity index is 2.55. The molecule has 1 aromatic carbocycles. The van der Waals surface area contributed by atoms with Crippen LogP contribution in [0.1, 0.15) is 5.56 Å². The van der Waals surface area contributed by atoms with E-state index in [4.69, 9.17) is 16.0 Å². The lowest BCUT2D eigenvalue weighted by molar-refractivity contribution is 0.488. The van der Waals surface area contributed by atoms with Crippen molar-refractivity contribution < 1.29 is 4.42 Å². The van der Waals surface area contributed by atoms with Crippen LogP contribution in [-0.2, 0) is 0 Å². The first-order chi connectivity index (χ1) is 7.15. The molecule has 0 amide bonds. The zero-order valence-corrected chi connectivity index (χ0v) is 8.54. The summed E-state index contributed by atoms with van der Waals surface area (Å²) < 4.78 is 4.73. The highest BCUT2D eigenvalue weighted by Gasteiger charge is 1.94. The summed E-state index contributed by atoms with van der Waals surface area (Å²) in [5, 5.41) is 1.03. The summed E-state index contributed by atoms with van der Waals surface area (Å²) in [6, 6.07) is 7.13. The molecule has 0 saturated heterocycles. The number of benzene rings is 1. The molecule has 0 spiro atoms. The number of hydrogen-bond acceptors (Lipinski definition) is 2. The Morgan fingerprint density at radius 2 is 2.00 bits per heavy atom. The van der Waals surface area contributed by atoms with Crippen molar-refractivity contribution in [2.45, 2.75) is 0 Å². The largest absolute Gasteiger partial charge is 0.405 e. The van der Waals surface area contributed by atoms with E-state index >= 15 is 0 Å². The van der Waals surface area contributed by atoms with Crippen molar-refractivity contribution in [2.24, 2.45) is 0 Å². The monoisotopic (exact) mass is 221 g/mol. The van der Waals surface area contributed by atoms with Crippen LogP contribution in [0.4, 0.5) is 0 Å². The van der Waals surface area contributed by atoms with Crippen molar-refractivity contribution in [3.05, 3.63) is 56.2 Å². The van der Waals surface area contributed by atoms with Crippen LogP contribution in [0.2, 0.25) is 5.02 Å². The standard InChI is InChI=1S/C11H8ClNO2/c1-7-13-10(11(14)15-7)6-8-2-4-9(12)5-3-8/h2-6,13H,1H2. The molecule has 3 nitrogen and oxygen atoms in total. The van der Waals surface area contributed by atoms with Crippen LogP contribution in [0.15, 0.2) is 33.5 Å². The fourth-order valence-corrected chi connectivity index (χ4v) is 1.34. The lowest BCUT2D eigenvalue weighted by Gasteiger charge is -1.91. The van der Waals surface area contributed by atoms with Gasteiger partial charge >= 0.3 is 5.63 Å². The minimum absolute atomic E-state index is 0.250. The lowest BCUT2D eigenvalue weighted by Crippen LogP contribution is -2.20. The van der Waals surface area contributed by atoms with Crippen molar-refractivity contribution in [1.82, 2.24) is 4.98 Å². The molecule has 2 aromatic rings. The summed E-state index contributed by atoms with van der Waals surface area (Å²) in [5.41, 5.74) is 0.698. The van der Waals surface area contributed by atoms with E-state index in [2.05, 4.69) is 11.6 Å². The zero-order chi connectivity index (χ0) is 10.8. The number of halogens is 1. The van der Waals surface area contributed by atoms with Gasteiger partial charge in [-0.15, -0.1) is 0 Å². The Morgan fingerprint density at radius 1 is 1.33 bits per heavy atom. The number of aromatic amines is 1. The minimum atomic E-state index is -0.421. The molecule has 1 heterocycles. The second kappa shape index (κ2) is 3.79. The first kappa shape index (κ1) is 9.80. The zero-order valence-electron chi connectivity index (χ0n) is 7.79. The second-order valence-electron chi connectivity index (χ2n) is 3.05. The van der Waals surface area contributed by atoms with Gasteiger partial charge in [0.25, 0.3) is 0 Å².